The molecule has 5 N–H and O–H groups in total. The zero-order chi connectivity index (χ0) is 22.3. The molecule has 10 heteroatoms. The van der Waals surface area contributed by atoms with Gasteiger partial charge in [-0.3, -0.25) is 4.79 Å². The van der Waals surface area contributed by atoms with Gasteiger partial charge in [-0.25, -0.2) is 0 Å². The topological polar surface area (TPSA) is 120 Å². The van der Waals surface area contributed by atoms with Gasteiger partial charge in [0.05, 0.1) is 17.5 Å². The van der Waals surface area contributed by atoms with Crippen LogP contribution in [0.1, 0.15) is 39.0 Å². The smallest absolute Gasteiger partial charge is 0.237 e. The van der Waals surface area contributed by atoms with E-state index in [1.54, 1.807) is 20.3 Å². The van der Waals surface area contributed by atoms with Gasteiger partial charge in [0.25, 0.3) is 0 Å². The molecule has 2 fully saturated rings. The number of aliphatic hydroxyl groups excluding tert-OH is 3. The molecule has 1 amide bonds. The second-order valence-corrected chi connectivity index (χ2v) is 9.89. The van der Waals surface area contributed by atoms with E-state index >= 15 is 0 Å². The number of carbonyl (C=O) groups excluding carboxylic acids is 1. The highest BCUT2D eigenvalue weighted by Crippen LogP contribution is 2.30. The summed E-state index contributed by atoms with van der Waals surface area (Å²) in [5.41, 5.74) is -0.716. The van der Waals surface area contributed by atoms with Crippen molar-refractivity contribution < 1.29 is 29.6 Å². The Bertz CT molecular complexity index is 530. The Morgan fingerprint density at radius 2 is 2.00 bits per heavy atom. The average molecular weight is 469 g/mol. The lowest BCUT2D eigenvalue weighted by Crippen LogP contribution is -2.65. The van der Waals surface area contributed by atoms with E-state index in [1.165, 1.54) is 11.8 Å². The van der Waals surface area contributed by atoms with Crippen molar-refractivity contribution in [1.82, 2.24) is 10.6 Å². The van der Waals surface area contributed by atoms with E-state index in [-0.39, 0.29) is 11.9 Å². The lowest BCUT2D eigenvalue weighted by molar-refractivity contribution is -0.205. The normalized spacial score (nSPS) is 37.2. The van der Waals surface area contributed by atoms with Crippen LogP contribution in [0.15, 0.2) is 0 Å². The van der Waals surface area contributed by atoms with Gasteiger partial charge in [-0.1, -0.05) is 0 Å². The Labute approximate surface area is 188 Å². The number of hydrogen-bond acceptors (Lipinski definition) is 8. The maximum atomic E-state index is 13.0. The van der Waals surface area contributed by atoms with E-state index in [0.29, 0.717) is 5.92 Å². The lowest BCUT2D eigenvalue weighted by Gasteiger charge is -2.44. The number of ether oxygens (including phenoxy) is 2. The van der Waals surface area contributed by atoms with Crippen molar-refractivity contribution in [1.29, 1.82) is 0 Å². The van der Waals surface area contributed by atoms with Gasteiger partial charge in [-0.15, -0.1) is 23.4 Å². The first-order valence-electron chi connectivity index (χ1n) is 10.7. The number of hydrogen-bond donors (Lipinski definition) is 5. The van der Waals surface area contributed by atoms with Gasteiger partial charge in [0.2, 0.25) is 5.91 Å². The average Bonchev–Trinajstić information content (AvgIpc) is 2.97. The first-order chi connectivity index (χ1) is 14.3. The molecule has 2 aliphatic rings. The molecule has 2 heterocycles. The number of nitrogens with one attached hydrogen (secondary N) is 2. The molecule has 30 heavy (non-hydrogen) atoms. The second kappa shape index (κ2) is 12.8. The number of aliphatic hydroxyl groups is 3. The van der Waals surface area contributed by atoms with E-state index < -0.39 is 41.3 Å². The highest BCUT2D eigenvalue weighted by atomic mass is 35.5. The molecular formula is C20H37ClN2O6S. The van der Waals surface area contributed by atoms with Gasteiger partial charge in [-0.2, -0.15) is 0 Å². The van der Waals surface area contributed by atoms with Crippen LogP contribution in [0.5, 0.6) is 0 Å². The zero-order valence-electron chi connectivity index (χ0n) is 18.0. The maximum Gasteiger partial charge on any atom is 0.237 e. The first-order valence-corrected chi connectivity index (χ1v) is 12.4. The van der Waals surface area contributed by atoms with Crippen LogP contribution in [0.25, 0.3) is 0 Å². The summed E-state index contributed by atoms with van der Waals surface area (Å²) in [6, 6.07) is -1.06. The summed E-state index contributed by atoms with van der Waals surface area (Å²) in [6.07, 6.45) is 1.67. The fraction of sp³-hybridized carbons (Fsp3) is 0.950. The summed E-state index contributed by atoms with van der Waals surface area (Å²) in [7, 11) is 1.71. The van der Waals surface area contributed by atoms with Crippen LogP contribution < -0.4 is 10.6 Å². The van der Waals surface area contributed by atoms with Crippen molar-refractivity contribution in [3.05, 3.63) is 0 Å². The molecule has 0 aromatic carbocycles. The molecule has 0 aromatic rings. The highest BCUT2D eigenvalue weighted by molar-refractivity contribution is 7.99. The van der Waals surface area contributed by atoms with Crippen molar-refractivity contribution in [3.8, 4) is 0 Å². The molecule has 0 aromatic heterocycles. The van der Waals surface area contributed by atoms with Gasteiger partial charge in [0.15, 0.2) is 0 Å². The predicted molar refractivity (Wildman–Crippen MR) is 118 cm³/mol. The Balaban J connectivity index is 1.98. The molecule has 9 unspecified atom stereocenters. The first kappa shape index (κ1) is 26.1. The molecule has 0 radical (unpaired) electrons. The van der Waals surface area contributed by atoms with Gasteiger partial charge in [-0.05, 0) is 57.7 Å². The van der Waals surface area contributed by atoms with Crippen molar-refractivity contribution in [3.63, 3.8) is 0 Å². The standard InChI is InChI=1S/C20H37ClN2O6S/c1-11(21)14(18-16(25)15(24)17(26)20(29-18)30-3)23-19(27)13-7-6-12(8-9-22-13)5-4-10-28-2/h11-18,20,22,24-26H,4-10H2,1-3H3,(H,23,27). The van der Waals surface area contributed by atoms with Gasteiger partial charge in [0.1, 0.15) is 29.9 Å². The summed E-state index contributed by atoms with van der Waals surface area (Å²) in [5.74, 6) is 0.373. The molecule has 0 aliphatic carbocycles. The van der Waals surface area contributed by atoms with Crippen LogP contribution in [0, 0.1) is 5.92 Å². The summed E-state index contributed by atoms with van der Waals surface area (Å²) < 4.78 is 10.9. The van der Waals surface area contributed by atoms with E-state index in [0.717, 1.165) is 45.3 Å². The van der Waals surface area contributed by atoms with Crippen molar-refractivity contribution >= 4 is 29.3 Å². The number of alkyl halides is 1. The summed E-state index contributed by atoms with van der Waals surface area (Å²) in [5, 5.41) is 36.4. The number of methoxy groups -OCH3 is 1. The molecule has 2 saturated heterocycles. The van der Waals surface area contributed by atoms with Gasteiger partial charge >= 0.3 is 0 Å². The number of rotatable bonds is 9. The summed E-state index contributed by atoms with van der Waals surface area (Å²) in [4.78, 5) is 13.0. The molecule has 9 atom stereocenters. The van der Waals surface area contributed by atoms with Gasteiger partial charge in [0, 0.05) is 13.7 Å². The number of amides is 1. The SMILES string of the molecule is COCCCC1CCNC(C(=O)NC(C(C)Cl)C2OC(SC)C(O)C(O)C2O)CC1. The summed E-state index contributed by atoms with van der Waals surface area (Å²) in [6.45, 7) is 3.23. The third-order valence-corrected chi connectivity index (χ3v) is 7.21. The van der Waals surface area contributed by atoms with E-state index in [4.69, 9.17) is 21.1 Å². The van der Waals surface area contributed by atoms with Crippen LogP contribution >= 0.6 is 23.4 Å². The van der Waals surface area contributed by atoms with E-state index in [1.807, 2.05) is 0 Å². The Morgan fingerprint density at radius 1 is 1.27 bits per heavy atom. The quantitative estimate of drug-likeness (QED) is 0.244. The molecule has 176 valence electrons. The molecular weight excluding hydrogens is 432 g/mol. The Hall–Kier alpha value is -0.130. The number of carbonyl (C=O) groups is 1. The Kier molecular flexibility index (Phi) is 11.1. The minimum absolute atomic E-state index is 0.192. The predicted octanol–water partition coefficient (Wildman–Crippen LogP) is 0.454. The van der Waals surface area contributed by atoms with Crippen molar-refractivity contribution in [2.45, 2.75) is 86.3 Å². The van der Waals surface area contributed by atoms with Crippen LogP contribution in [0.4, 0.5) is 0 Å². The maximum absolute atomic E-state index is 13.0. The van der Waals surface area contributed by atoms with Gasteiger partial charge < -0.3 is 35.4 Å². The fourth-order valence-corrected chi connectivity index (χ4v) is 5.11. The fourth-order valence-electron chi connectivity index (χ4n) is 4.23. The number of thioether (sulfide) groups is 1. The lowest BCUT2D eigenvalue weighted by atomic mass is 9.92. The van der Waals surface area contributed by atoms with Crippen LogP contribution in [-0.2, 0) is 14.3 Å². The van der Waals surface area contributed by atoms with Crippen LogP contribution in [-0.4, -0.2) is 95.1 Å². The van der Waals surface area contributed by atoms with E-state index in [2.05, 4.69) is 10.6 Å². The van der Waals surface area contributed by atoms with Crippen molar-refractivity contribution in [2.24, 2.45) is 5.92 Å². The minimum atomic E-state index is -1.38. The molecule has 2 aliphatic heterocycles. The third-order valence-electron chi connectivity index (χ3n) is 6.08. The zero-order valence-corrected chi connectivity index (χ0v) is 19.6. The highest BCUT2D eigenvalue weighted by Gasteiger charge is 2.48. The molecule has 0 bridgehead atoms. The molecule has 2 rings (SSSR count). The second-order valence-electron chi connectivity index (χ2n) is 8.26. The largest absolute Gasteiger partial charge is 0.388 e. The van der Waals surface area contributed by atoms with Crippen LogP contribution in [0.2, 0.25) is 0 Å². The molecule has 8 nitrogen and oxygen atoms in total. The van der Waals surface area contributed by atoms with Crippen molar-refractivity contribution in [2.75, 3.05) is 26.5 Å². The minimum Gasteiger partial charge on any atom is -0.388 e. The molecule has 0 saturated carbocycles. The molecule has 0 spiro atoms. The monoisotopic (exact) mass is 468 g/mol. The summed E-state index contributed by atoms with van der Waals surface area (Å²) >= 11 is 7.57. The third kappa shape index (κ3) is 6.93. The van der Waals surface area contributed by atoms with Crippen LogP contribution in [0.3, 0.4) is 0 Å². The van der Waals surface area contributed by atoms with E-state index in [9.17, 15) is 20.1 Å². The Morgan fingerprint density at radius 3 is 2.63 bits per heavy atom. The number of halogens is 1.